The summed E-state index contributed by atoms with van der Waals surface area (Å²) in [5.41, 5.74) is 1.46. The predicted molar refractivity (Wildman–Crippen MR) is 23.2 cm³/mol. The average Bonchev–Trinajstić information content (AvgIpc) is 1.84. The molecule has 0 saturated heterocycles. The number of nitrogens with one attached hydrogen (secondary N) is 1. The Hall–Kier alpha value is -0.710. The van der Waals surface area contributed by atoms with Gasteiger partial charge in [-0.05, 0) is 0 Å². The van der Waals surface area contributed by atoms with E-state index >= 15 is 0 Å². The van der Waals surface area contributed by atoms with Crippen LogP contribution in [0.1, 0.15) is 0 Å². The van der Waals surface area contributed by atoms with Crippen molar-refractivity contribution in [3.8, 4) is 0 Å². The van der Waals surface area contributed by atoms with Crippen molar-refractivity contribution >= 4 is 5.91 Å². The van der Waals surface area contributed by atoms with Crippen molar-refractivity contribution in [3.63, 3.8) is 0 Å². The molecule has 0 rings (SSSR count). The van der Waals surface area contributed by atoms with Crippen LogP contribution in [0, 0.1) is 0 Å². The molecule has 0 bridgehead atoms. The number of hydrogen-bond acceptors (Lipinski definition) is 2. The maximum absolute atomic E-state index is 11.7. The predicted octanol–water partition coefficient (Wildman–Crippen LogP) is -0.716. The highest BCUT2D eigenvalue weighted by Gasteiger charge is 2.13. The molecule has 1 amide bonds. The number of amides is 1. The molecule has 0 aromatic rings. The molecule has 48 valence electrons. The molecule has 5 heteroatoms. The van der Waals surface area contributed by atoms with E-state index in [2.05, 4.69) is 5.84 Å². The van der Waals surface area contributed by atoms with Gasteiger partial charge < -0.3 is 0 Å². The van der Waals surface area contributed by atoms with Gasteiger partial charge in [0, 0.05) is 0 Å². The van der Waals surface area contributed by atoms with Gasteiger partial charge in [0.05, 0.1) is 0 Å². The maximum atomic E-state index is 11.7. The molecule has 0 fully saturated rings. The van der Waals surface area contributed by atoms with Crippen molar-refractivity contribution in [3.05, 3.63) is 0 Å². The summed E-state index contributed by atoms with van der Waals surface area (Å²) in [5, 5.41) is 0. The number of hydrazine groups is 1. The van der Waals surface area contributed by atoms with Gasteiger partial charge in [0.2, 0.25) is 6.17 Å². The summed E-state index contributed by atoms with van der Waals surface area (Å²) in [6.07, 6.45) is -2.12. The molecule has 8 heavy (non-hydrogen) atoms. The number of hydrogen-bond donors (Lipinski definition) is 2. The minimum Gasteiger partial charge on any atom is -0.292 e. The molecule has 0 heterocycles. The summed E-state index contributed by atoms with van der Waals surface area (Å²) >= 11 is 0. The maximum Gasteiger partial charge on any atom is 0.271 e. The third-order valence-electron chi connectivity index (χ3n) is 0.562. The Kier molecular flexibility index (Phi) is 3.02. The van der Waals surface area contributed by atoms with Crippen LogP contribution < -0.4 is 11.3 Å². The number of alkyl halides is 2. The second kappa shape index (κ2) is 3.31. The molecular formula is C3H6F2N2O. The van der Waals surface area contributed by atoms with E-state index in [1.165, 1.54) is 5.43 Å². The first-order chi connectivity index (χ1) is 3.72. The van der Waals surface area contributed by atoms with Crippen molar-refractivity contribution in [1.29, 1.82) is 0 Å². The van der Waals surface area contributed by atoms with E-state index in [0.717, 1.165) is 0 Å². The van der Waals surface area contributed by atoms with E-state index in [-0.39, 0.29) is 0 Å². The zero-order chi connectivity index (χ0) is 6.57. The molecule has 0 aliphatic carbocycles. The lowest BCUT2D eigenvalue weighted by Crippen LogP contribution is -2.37. The third-order valence-corrected chi connectivity index (χ3v) is 0.562. The summed E-state index contributed by atoms with van der Waals surface area (Å²) < 4.78 is 22.8. The van der Waals surface area contributed by atoms with E-state index in [0.29, 0.717) is 0 Å². The fourth-order valence-electron chi connectivity index (χ4n) is 0.160. The summed E-state index contributed by atoms with van der Waals surface area (Å²) in [4.78, 5) is 9.89. The van der Waals surface area contributed by atoms with Crippen LogP contribution in [0.2, 0.25) is 0 Å². The first-order valence-electron chi connectivity index (χ1n) is 1.93. The number of rotatable bonds is 2. The molecule has 0 aliphatic rings. The first-order valence-corrected chi connectivity index (χ1v) is 1.93. The molecule has 0 radical (unpaired) electrons. The Balaban J connectivity index is 3.46. The second-order valence-electron chi connectivity index (χ2n) is 1.13. The van der Waals surface area contributed by atoms with Crippen LogP contribution in [0.5, 0.6) is 0 Å². The van der Waals surface area contributed by atoms with Crippen LogP contribution in [0.4, 0.5) is 8.78 Å². The SMILES string of the molecule is NNC(=O)C(F)CF. The van der Waals surface area contributed by atoms with Gasteiger partial charge in [-0.25, -0.2) is 14.6 Å². The molecule has 0 aliphatic heterocycles. The lowest BCUT2D eigenvalue weighted by molar-refractivity contribution is -0.126. The van der Waals surface area contributed by atoms with Crippen molar-refractivity contribution in [1.82, 2.24) is 5.43 Å². The number of carbonyl (C=O) groups is 1. The van der Waals surface area contributed by atoms with E-state index in [1.54, 1.807) is 0 Å². The van der Waals surface area contributed by atoms with Gasteiger partial charge in [-0.3, -0.25) is 10.2 Å². The summed E-state index contributed by atoms with van der Waals surface area (Å²) in [6.45, 7) is -1.33. The fourth-order valence-corrected chi connectivity index (χ4v) is 0.160. The van der Waals surface area contributed by atoms with E-state index in [4.69, 9.17) is 0 Å². The van der Waals surface area contributed by atoms with E-state index in [1.807, 2.05) is 0 Å². The number of carbonyl (C=O) groups excluding carboxylic acids is 1. The van der Waals surface area contributed by atoms with Gasteiger partial charge in [-0.2, -0.15) is 0 Å². The lowest BCUT2D eigenvalue weighted by atomic mass is 10.4. The summed E-state index contributed by atoms with van der Waals surface area (Å²) in [5.74, 6) is 3.31. The quantitative estimate of drug-likeness (QED) is 0.290. The number of nitrogens with two attached hydrogens (primary N) is 1. The lowest BCUT2D eigenvalue weighted by Gasteiger charge is -1.97. The van der Waals surface area contributed by atoms with Crippen molar-refractivity contribution in [2.75, 3.05) is 6.67 Å². The molecule has 1 atom stereocenters. The topological polar surface area (TPSA) is 55.1 Å². The van der Waals surface area contributed by atoms with Crippen LogP contribution in [0.3, 0.4) is 0 Å². The van der Waals surface area contributed by atoms with Gasteiger partial charge in [-0.15, -0.1) is 0 Å². The Morgan fingerprint density at radius 1 is 1.88 bits per heavy atom. The van der Waals surface area contributed by atoms with Crippen LogP contribution in [-0.2, 0) is 4.79 Å². The van der Waals surface area contributed by atoms with Gasteiger partial charge >= 0.3 is 0 Å². The monoisotopic (exact) mass is 124 g/mol. The van der Waals surface area contributed by atoms with Crippen LogP contribution in [0.25, 0.3) is 0 Å². The smallest absolute Gasteiger partial charge is 0.271 e. The normalized spacial score (nSPS) is 12.9. The molecule has 0 aromatic carbocycles. The first kappa shape index (κ1) is 7.29. The standard InChI is InChI=1S/C3H6F2N2O/c4-1-2(5)3(8)7-6/h2H,1,6H2,(H,7,8). The third kappa shape index (κ3) is 1.83. The average molecular weight is 124 g/mol. The Bertz CT molecular complexity index is 87.4. The van der Waals surface area contributed by atoms with E-state index < -0.39 is 18.8 Å². The fraction of sp³-hybridized carbons (Fsp3) is 0.667. The molecule has 0 spiro atoms. The molecule has 3 N–H and O–H groups in total. The van der Waals surface area contributed by atoms with Gasteiger partial charge in [0.25, 0.3) is 5.91 Å². The Labute approximate surface area is 44.8 Å². The zero-order valence-corrected chi connectivity index (χ0v) is 4.03. The molecule has 3 nitrogen and oxygen atoms in total. The van der Waals surface area contributed by atoms with E-state index in [9.17, 15) is 13.6 Å². The second-order valence-corrected chi connectivity index (χ2v) is 1.13. The highest BCUT2D eigenvalue weighted by Crippen LogP contribution is 1.88. The Morgan fingerprint density at radius 2 is 2.38 bits per heavy atom. The minimum atomic E-state index is -2.12. The molecule has 1 unspecified atom stereocenters. The molecule has 0 aromatic heterocycles. The molecular weight excluding hydrogens is 118 g/mol. The highest BCUT2D eigenvalue weighted by atomic mass is 19.2. The van der Waals surface area contributed by atoms with Crippen LogP contribution in [-0.4, -0.2) is 18.8 Å². The van der Waals surface area contributed by atoms with Gasteiger partial charge in [0.1, 0.15) is 6.67 Å². The van der Waals surface area contributed by atoms with Crippen molar-refractivity contribution in [2.45, 2.75) is 6.17 Å². The minimum absolute atomic E-state index is 1.13. The van der Waals surface area contributed by atoms with Gasteiger partial charge in [0.15, 0.2) is 0 Å². The number of halogens is 2. The largest absolute Gasteiger partial charge is 0.292 e. The summed E-state index contributed by atoms with van der Waals surface area (Å²) in [6, 6.07) is 0. The van der Waals surface area contributed by atoms with Crippen molar-refractivity contribution in [2.24, 2.45) is 5.84 Å². The molecule has 0 saturated carbocycles. The van der Waals surface area contributed by atoms with Crippen LogP contribution in [0.15, 0.2) is 0 Å². The van der Waals surface area contributed by atoms with Crippen molar-refractivity contribution < 1.29 is 13.6 Å². The van der Waals surface area contributed by atoms with Crippen LogP contribution >= 0.6 is 0 Å². The highest BCUT2D eigenvalue weighted by molar-refractivity contribution is 5.79. The van der Waals surface area contributed by atoms with Gasteiger partial charge in [-0.1, -0.05) is 0 Å². The summed E-state index contributed by atoms with van der Waals surface area (Å²) in [7, 11) is 0. The Morgan fingerprint density at radius 3 is 2.50 bits per heavy atom. The zero-order valence-electron chi connectivity index (χ0n) is 4.03.